The van der Waals surface area contributed by atoms with E-state index in [9.17, 15) is 5.26 Å². The van der Waals surface area contributed by atoms with Crippen LogP contribution in [0.15, 0.2) is 0 Å². The van der Waals surface area contributed by atoms with E-state index in [4.69, 9.17) is 14.2 Å². The topological polar surface area (TPSA) is 63.5 Å². The van der Waals surface area contributed by atoms with Crippen molar-refractivity contribution in [3.8, 4) is 6.07 Å². The molecular formula is C16H32N2O3. The molecule has 0 saturated heterocycles. The highest BCUT2D eigenvalue weighted by Crippen LogP contribution is 2.16. The zero-order valence-corrected chi connectivity index (χ0v) is 14.0. The second-order valence-electron chi connectivity index (χ2n) is 5.15. The van der Waals surface area contributed by atoms with Crippen molar-refractivity contribution in [2.24, 2.45) is 0 Å². The van der Waals surface area contributed by atoms with Crippen LogP contribution in [0.5, 0.6) is 0 Å². The molecule has 0 bridgehead atoms. The summed E-state index contributed by atoms with van der Waals surface area (Å²) in [6, 6.07) is 2.43. The van der Waals surface area contributed by atoms with Gasteiger partial charge in [0.05, 0.1) is 19.3 Å². The van der Waals surface area contributed by atoms with Crippen LogP contribution in [0.1, 0.15) is 46.0 Å². The predicted octanol–water partition coefficient (Wildman–Crippen LogP) is 2.51. The molecule has 0 aliphatic carbocycles. The van der Waals surface area contributed by atoms with Crippen LogP contribution in [0.3, 0.4) is 0 Å². The number of rotatable bonds is 15. The van der Waals surface area contributed by atoms with Crippen molar-refractivity contribution >= 4 is 0 Å². The van der Waals surface area contributed by atoms with Crippen molar-refractivity contribution in [2.45, 2.75) is 51.5 Å². The number of hydrogen-bond acceptors (Lipinski definition) is 5. The first-order valence-electron chi connectivity index (χ1n) is 8.05. The minimum atomic E-state index is -0.393. The lowest BCUT2D eigenvalue weighted by Crippen LogP contribution is -2.44. The standard InChI is InChI=1S/C16H32N2O3/c1-4-9-18-16(5-2,15-17)8-6-11-20-13-14-21-12-7-10-19-3/h18H,4-14H2,1-3H3. The van der Waals surface area contributed by atoms with Crippen LogP contribution in [0, 0.1) is 11.3 Å². The Morgan fingerprint density at radius 3 is 2.19 bits per heavy atom. The zero-order chi connectivity index (χ0) is 15.8. The van der Waals surface area contributed by atoms with Gasteiger partial charge in [0, 0.05) is 26.9 Å². The normalized spacial score (nSPS) is 13.8. The lowest BCUT2D eigenvalue weighted by atomic mass is 9.92. The highest BCUT2D eigenvalue weighted by atomic mass is 16.5. The third-order valence-electron chi connectivity index (χ3n) is 3.43. The Balaban J connectivity index is 3.56. The molecule has 0 aliphatic heterocycles. The summed E-state index contributed by atoms with van der Waals surface area (Å²) in [4.78, 5) is 0. The Hall–Kier alpha value is -0.670. The van der Waals surface area contributed by atoms with Gasteiger partial charge in [0.2, 0.25) is 0 Å². The van der Waals surface area contributed by atoms with E-state index in [1.165, 1.54) is 0 Å². The first kappa shape index (κ1) is 20.3. The molecule has 0 aromatic rings. The average Bonchev–Trinajstić information content (AvgIpc) is 2.52. The number of hydrogen-bond donors (Lipinski definition) is 1. The first-order chi connectivity index (χ1) is 10.2. The van der Waals surface area contributed by atoms with Gasteiger partial charge >= 0.3 is 0 Å². The maximum absolute atomic E-state index is 9.36. The molecule has 0 aliphatic rings. The van der Waals surface area contributed by atoms with Gasteiger partial charge in [-0.3, -0.25) is 5.32 Å². The summed E-state index contributed by atoms with van der Waals surface area (Å²) in [7, 11) is 1.69. The van der Waals surface area contributed by atoms with Gasteiger partial charge in [-0.25, -0.2) is 0 Å². The van der Waals surface area contributed by atoms with Crippen LogP contribution < -0.4 is 5.32 Å². The summed E-state index contributed by atoms with van der Waals surface area (Å²) in [6.07, 6.45) is 4.50. The van der Waals surface area contributed by atoms with Gasteiger partial charge in [-0.2, -0.15) is 5.26 Å². The SMILES string of the molecule is CCCNC(C#N)(CC)CCCOCCOCCCOC. The van der Waals surface area contributed by atoms with E-state index in [0.29, 0.717) is 26.4 Å². The second kappa shape index (κ2) is 14.3. The van der Waals surface area contributed by atoms with Gasteiger partial charge in [-0.05, 0) is 38.6 Å². The molecule has 0 amide bonds. The fourth-order valence-electron chi connectivity index (χ4n) is 2.03. The fraction of sp³-hybridized carbons (Fsp3) is 0.938. The second-order valence-corrected chi connectivity index (χ2v) is 5.15. The van der Waals surface area contributed by atoms with Gasteiger partial charge in [0.15, 0.2) is 0 Å². The van der Waals surface area contributed by atoms with Gasteiger partial charge in [-0.15, -0.1) is 0 Å². The molecule has 0 aromatic carbocycles. The first-order valence-corrected chi connectivity index (χ1v) is 8.05. The largest absolute Gasteiger partial charge is 0.385 e. The van der Waals surface area contributed by atoms with Gasteiger partial charge in [0.25, 0.3) is 0 Å². The van der Waals surface area contributed by atoms with Crippen LogP contribution in [0.25, 0.3) is 0 Å². The Bertz CT molecular complexity index is 269. The lowest BCUT2D eigenvalue weighted by Gasteiger charge is -2.26. The Morgan fingerprint density at radius 2 is 1.67 bits per heavy atom. The predicted molar refractivity (Wildman–Crippen MR) is 84.3 cm³/mol. The minimum Gasteiger partial charge on any atom is -0.385 e. The molecule has 0 fully saturated rings. The summed E-state index contributed by atoms with van der Waals surface area (Å²) >= 11 is 0. The van der Waals surface area contributed by atoms with E-state index in [1.807, 2.05) is 0 Å². The average molecular weight is 300 g/mol. The van der Waals surface area contributed by atoms with Crippen molar-refractivity contribution < 1.29 is 14.2 Å². The quantitative estimate of drug-likeness (QED) is 0.471. The van der Waals surface area contributed by atoms with E-state index in [1.54, 1.807) is 7.11 Å². The molecule has 1 atom stereocenters. The van der Waals surface area contributed by atoms with Gasteiger partial charge < -0.3 is 14.2 Å². The molecule has 5 nitrogen and oxygen atoms in total. The van der Waals surface area contributed by atoms with Gasteiger partial charge in [-0.1, -0.05) is 13.8 Å². The maximum atomic E-state index is 9.36. The Morgan fingerprint density at radius 1 is 1.00 bits per heavy atom. The van der Waals surface area contributed by atoms with Crippen LogP contribution >= 0.6 is 0 Å². The van der Waals surface area contributed by atoms with Crippen molar-refractivity contribution in [2.75, 3.05) is 46.7 Å². The zero-order valence-electron chi connectivity index (χ0n) is 14.0. The monoisotopic (exact) mass is 300 g/mol. The summed E-state index contributed by atoms with van der Waals surface area (Å²) in [5.41, 5.74) is -0.393. The third-order valence-corrected chi connectivity index (χ3v) is 3.43. The molecule has 0 saturated carbocycles. The van der Waals surface area contributed by atoms with Crippen molar-refractivity contribution in [3.05, 3.63) is 0 Å². The van der Waals surface area contributed by atoms with E-state index < -0.39 is 5.54 Å². The number of ether oxygens (including phenoxy) is 3. The highest BCUT2D eigenvalue weighted by Gasteiger charge is 2.25. The molecule has 0 rings (SSSR count). The van der Waals surface area contributed by atoms with Crippen LogP contribution in [0.2, 0.25) is 0 Å². The lowest BCUT2D eigenvalue weighted by molar-refractivity contribution is 0.0376. The third kappa shape index (κ3) is 10.7. The molecule has 124 valence electrons. The van der Waals surface area contributed by atoms with Crippen LogP contribution in [-0.2, 0) is 14.2 Å². The van der Waals surface area contributed by atoms with Gasteiger partial charge in [0.1, 0.15) is 5.54 Å². The van der Waals surface area contributed by atoms with Crippen LogP contribution in [-0.4, -0.2) is 52.2 Å². The number of methoxy groups -OCH3 is 1. The summed E-state index contributed by atoms with van der Waals surface area (Å²) in [5, 5.41) is 12.7. The minimum absolute atomic E-state index is 0.393. The van der Waals surface area contributed by atoms with E-state index in [2.05, 4.69) is 25.2 Å². The molecule has 0 radical (unpaired) electrons. The van der Waals surface area contributed by atoms with Crippen molar-refractivity contribution in [1.29, 1.82) is 5.26 Å². The molecule has 0 spiro atoms. The summed E-state index contributed by atoms with van der Waals surface area (Å²) < 4.78 is 15.9. The highest BCUT2D eigenvalue weighted by molar-refractivity contribution is 5.06. The number of nitrogens with one attached hydrogen (secondary N) is 1. The number of nitriles is 1. The van der Waals surface area contributed by atoms with Crippen LogP contribution in [0.4, 0.5) is 0 Å². The molecule has 1 unspecified atom stereocenters. The Kier molecular flexibility index (Phi) is 13.8. The molecular weight excluding hydrogens is 268 g/mol. The molecule has 0 aromatic heterocycles. The fourth-order valence-corrected chi connectivity index (χ4v) is 2.03. The molecule has 5 heteroatoms. The number of nitrogens with zero attached hydrogens (tertiary/aromatic N) is 1. The van der Waals surface area contributed by atoms with Crippen molar-refractivity contribution in [3.63, 3.8) is 0 Å². The van der Waals surface area contributed by atoms with E-state index >= 15 is 0 Å². The maximum Gasteiger partial charge on any atom is 0.106 e. The molecule has 1 N–H and O–H groups in total. The van der Waals surface area contributed by atoms with E-state index in [-0.39, 0.29) is 0 Å². The summed E-state index contributed by atoms with van der Waals surface area (Å²) in [5.74, 6) is 0. The molecule has 21 heavy (non-hydrogen) atoms. The smallest absolute Gasteiger partial charge is 0.106 e. The van der Waals surface area contributed by atoms with E-state index in [0.717, 1.165) is 45.3 Å². The summed E-state index contributed by atoms with van der Waals surface area (Å²) in [6.45, 7) is 8.41. The molecule has 0 heterocycles. The Labute approximate surface area is 129 Å². The van der Waals surface area contributed by atoms with Crippen molar-refractivity contribution in [1.82, 2.24) is 5.32 Å².